The lowest BCUT2D eigenvalue weighted by atomic mass is 9.96. The van der Waals surface area contributed by atoms with Crippen LogP contribution >= 0.6 is 0 Å². The predicted molar refractivity (Wildman–Crippen MR) is 37.1 cm³/mol. The Bertz CT molecular complexity index is 81.1. The number of hydrogen-bond donors (Lipinski definition) is 1. The maximum Gasteiger partial charge on any atom is 0.182 e. The van der Waals surface area contributed by atoms with Gasteiger partial charge in [-0.05, 0) is 31.8 Å². The molecule has 50 valence electrons. The smallest absolute Gasteiger partial charge is 0.182 e. The van der Waals surface area contributed by atoms with E-state index in [0.29, 0.717) is 12.5 Å². The van der Waals surface area contributed by atoms with Gasteiger partial charge in [-0.1, -0.05) is 0 Å². The van der Waals surface area contributed by atoms with Crippen LogP contribution in [0.2, 0.25) is 0 Å². The van der Waals surface area contributed by atoms with E-state index < -0.39 is 0 Å². The van der Waals surface area contributed by atoms with Gasteiger partial charge in [0.15, 0.2) is 7.98 Å². The second-order valence-corrected chi connectivity index (χ2v) is 2.66. The van der Waals surface area contributed by atoms with Gasteiger partial charge in [-0.25, -0.2) is 0 Å². The van der Waals surface area contributed by atoms with E-state index in [0.717, 1.165) is 25.9 Å². The van der Waals surface area contributed by atoms with Crippen LogP contribution in [0.1, 0.15) is 12.8 Å². The fourth-order valence-corrected chi connectivity index (χ4v) is 1.14. The first-order valence-electron chi connectivity index (χ1n) is 3.43. The van der Waals surface area contributed by atoms with Crippen LogP contribution in [-0.4, -0.2) is 37.6 Å². The molecule has 0 bridgehead atoms. The van der Waals surface area contributed by atoms with Crippen molar-refractivity contribution in [2.24, 2.45) is 5.92 Å². The average Bonchev–Trinajstić information content (AvgIpc) is 1.90. The van der Waals surface area contributed by atoms with Gasteiger partial charge in [0, 0.05) is 6.61 Å². The van der Waals surface area contributed by atoms with E-state index >= 15 is 0 Å². The van der Waals surface area contributed by atoms with Crippen LogP contribution < -0.4 is 0 Å². The Labute approximate surface area is 57.3 Å². The zero-order chi connectivity index (χ0) is 6.69. The molecule has 0 atom stereocenters. The molecule has 0 aromatic heterocycles. The molecule has 2 nitrogen and oxygen atoms in total. The van der Waals surface area contributed by atoms with Gasteiger partial charge in [0.25, 0.3) is 0 Å². The van der Waals surface area contributed by atoms with Gasteiger partial charge in [-0.2, -0.15) is 0 Å². The van der Waals surface area contributed by atoms with Crippen LogP contribution in [0.3, 0.4) is 0 Å². The molecule has 0 amide bonds. The van der Waals surface area contributed by atoms with E-state index in [-0.39, 0.29) is 0 Å². The lowest BCUT2D eigenvalue weighted by molar-refractivity contribution is 0.171. The summed E-state index contributed by atoms with van der Waals surface area (Å²) in [6, 6.07) is 0. The molecule has 1 aliphatic heterocycles. The van der Waals surface area contributed by atoms with Gasteiger partial charge < -0.3 is 9.92 Å². The highest BCUT2D eigenvalue weighted by Crippen LogP contribution is 2.13. The van der Waals surface area contributed by atoms with Crippen molar-refractivity contribution in [3.63, 3.8) is 0 Å². The van der Waals surface area contributed by atoms with Gasteiger partial charge in [-0.3, -0.25) is 0 Å². The van der Waals surface area contributed by atoms with E-state index in [9.17, 15) is 0 Å². The Balaban J connectivity index is 2.18. The second-order valence-electron chi connectivity index (χ2n) is 2.66. The van der Waals surface area contributed by atoms with Crippen molar-refractivity contribution in [1.29, 1.82) is 0 Å². The van der Waals surface area contributed by atoms with Crippen LogP contribution in [0.25, 0.3) is 0 Å². The molecule has 0 aromatic carbocycles. The average molecular weight is 125 g/mol. The molecule has 3 heteroatoms. The molecule has 1 rings (SSSR count). The summed E-state index contributed by atoms with van der Waals surface area (Å²) in [6.07, 6.45) is 2.10. The number of aliphatic hydroxyl groups excluding tert-OH is 1. The first kappa shape index (κ1) is 7.10. The molecule has 1 saturated heterocycles. The summed E-state index contributed by atoms with van der Waals surface area (Å²) >= 11 is 0. The molecular formula is C6H12BNO. The fraction of sp³-hybridized carbons (Fsp3) is 1.00. The van der Waals surface area contributed by atoms with E-state index in [2.05, 4.69) is 0 Å². The summed E-state index contributed by atoms with van der Waals surface area (Å²) in [4.78, 5) is 1.81. The topological polar surface area (TPSA) is 23.5 Å². The summed E-state index contributed by atoms with van der Waals surface area (Å²) in [5.41, 5.74) is 0. The zero-order valence-corrected chi connectivity index (χ0v) is 5.58. The van der Waals surface area contributed by atoms with Gasteiger partial charge in [0.1, 0.15) is 0 Å². The number of piperidine rings is 1. The third-order valence-electron chi connectivity index (χ3n) is 1.91. The molecule has 0 spiro atoms. The predicted octanol–water partition coefficient (Wildman–Crippen LogP) is -0.226. The maximum atomic E-state index is 8.72. The van der Waals surface area contributed by atoms with Gasteiger partial charge in [0.05, 0.1) is 0 Å². The van der Waals surface area contributed by atoms with E-state index in [1.807, 2.05) is 4.81 Å². The fourth-order valence-electron chi connectivity index (χ4n) is 1.14. The normalized spacial score (nSPS) is 24.6. The molecule has 1 aliphatic rings. The van der Waals surface area contributed by atoms with Crippen molar-refractivity contribution in [3.8, 4) is 0 Å². The largest absolute Gasteiger partial charge is 0.396 e. The maximum absolute atomic E-state index is 8.72. The van der Waals surface area contributed by atoms with Gasteiger partial charge >= 0.3 is 0 Å². The standard InChI is InChI=1S/C6H12BNO/c7-8-3-1-6(5-9)2-4-8/h6,9H,1-5H2. The molecular weight excluding hydrogens is 113 g/mol. The Kier molecular flexibility index (Phi) is 2.55. The lowest BCUT2D eigenvalue weighted by Crippen LogP contribution is -2.32. The summed E-state index contributed by atoms with van der Waals surface area (Å²) in [5.74, 6) is 0.504. The third-order valence-corrected chi connectivity index (χ3v) is 1.91. The first-order valence-corrected chi connectivity index (χ1v) is 3.43. The minimum Gasteiger partial charge on any atom is -0.396 e. The van der Waals surface area contributed by atoms with Crippen LogP contribution in [0.4, 0.5) is 0 Å². The highest BCUT2D eigenvalue weighted by molar-refractivity contribution is 6.04. The van der Waals surface area contributed by atoms with Crippen LogP contribution in [0.5, 0.6) is 0 Å². The molecule has 1 N–H and O–H groups in total. The van der Waals surface area contributed by atoms with E-state index in [4.69, 9.17) is 13.1 Å². The SMILES string of the molecule is [B]N1CCC(CO)CC1. The van der Waals surface area contributed by atoms with Crippen molar-refractivity contribution in [3.05, 3.63) is 0 Å². The molecule has 0 saturated carbocycles. The Morgan fingerprint density at radius 2 is 2.00 bits per heavy atom. The summed E-state index contributed by atoms with van der Waals surface area (Å²) in [6.45, 7) is 2.20. The summed E-state index contributed by atoms with van der Waals surface area (Å²) in [5, 5.41) is 8.72. The Hall–Kier alpha value is -0.0151. The first-order chi connectivity index (χ1) is 4.33. The van der Waals surface area contributed by atoms with Crippen molar-refractivity contribution in [2.75, 3.05) is 19.7 Å². The van der Waals surface area contributed by atoms with Crippen LogP contribution in [-0.2, 0) is 0 Å². The molecule has 0 aromatic rings. The Morgan fingerprint density at radius 3 is 2.44 bits per heavy atom. The monoisotopic (exact) mass is 125 g/mol. The van der Waals surface area contributed by atoms with Crippen molar-refractivity contribution in [2.45, 2.75) is 12.8 Å². The molecule has 2 radical (unpaired) electrons. The number of aliphatic hydroxyl groups is 1. The van der Waals surface area contributed by atoms with E-state index in [1.165, 1.54) is 0 Å². The quantitative estimate of drug-likeness (QED) is 0.489. The highest BCUT2D eigenvalue weighted by atomic mass is 16.3. The number of nitrogens with zero attached hydrogens (tertiary/aromatic N) is 1. The van der Waals surface area contributed by atoms with Gasteiger partial charge in [-0.15, -0.1) is 0 Å². The number of rotatable bonds is 1. The van der Waals surface area contributed by atoms with Crippen LogP contribution in [0, 0.1) is 5.92 Å². The van der Waals surface area contributed by atoms with Crippen LogP contribution in [0.15, 0.2) is 0 Å². The zero-order valence-electron chi connectivity index (χ0n) is 5.58. The summed E-state index contributed by atoms with van der Waals surface area (Å²) in [7, 11) is 5.50. The molecule has 1 heterocycles. The minimum atomic E-state index is 0.327. The molecule has 0 aliphatic carbocycles. The minimum absolute atomic E-state index is 0.327. The van der Waals surface area contributed by atoms with Crippen molar-refractivity contribution < 1.29 is 5.11 Å². The van der Waals surface area contributed by atoms with Gasteiger partial charge in [0.2, 0.25) is 0 Å². The van der Waals surface area contributed by atoms with Crippen molar-refractivity contribution >= 4 is 7.98 Å². The molecule has 1 fully saturated rings. The van der Waals surface area contributed by atoms with E-state index in [1.54, 1.807) is 0 Å². The number of hydrogen-bond acceptors (Lipinski definition) is 2. The third kappa shape index (κ3) is 1.99. The van der Waals surface area contributed by atoms with Crippen molar-refractivity contribution in [1.82, 2.24) is 4.81 Å². The molecule has 9 heavy (non-hydrogen) atoms. The second kappa shape index (κ2) is 3.23. The Morgan fingerprint density at radius 1 is 1.44 bits per heavy atom. The summed E-state index contributed by atoms with van der Waals surface area (Å²) < 4.78 is 0. The highest BCUT2D eigenvalue weighted by Gasteiger charge is 2.14. The lowest BCUT2D eigenvalue weighted by Gasteiger charge is -2.27. The molecule has 0 unspecified atom stereocenters.